The molecule has 3 rings (SSSR count). The highest BCUT2D eigenvalue weighted by molar-refractivity contribution is 6.30. The molecule has 0 atom stereocenters. The molecule has 0 unspecified atom stereocenters. The first-order valence-electron chi connectivity index (χ1n) is 7.86. The first-order chi connectivity index (χ1) is 12.5. The smallest absolute Gasteiger partial charge is 0.344 e. The maximum absolute atomic E-state index is 10.5. The van der Waals surface area contributed by atoms with Crippen LogP contribution in [0.3, 0.4) is 0 Å². The predicted octanol–water partition coefficient (Wildman–Crippen LogP) is 3.85. The third kappa shape index (κ3) is 4.34. The van der Waals surface area contributed by atoms with Crippen LogP contribution in [0.2, 0.25) is 5.02 Å². The van der Waals surface area contributed by atoms with Crippen molar-refractivity contribution in [1.82, 2.24) is 4.57 Å². The quantitative estimate of drug-likeness (QED) is 0.505. The fraction of sp³-hybridized carbons (Fsp3) is 0.158. The molecule has 0 fully saturated rings. The molecule has 0 aliphatic heterocycles. The number of carbonyl (C=O) groups is 1. The summed E-state index contributed by atoms with van der Waals surface area (Å²) in [5.74, 6) is -0.349. The Morgan fingerprint density at radius 1 is 1.27 bits per heavy atom. The van der Waals surface area contributed by atoms with Gasteiger partial charge in [0.15, 0.2) is 0 Å². The Hall–Kier alpha value is -2.99. The van der Waals surface area contributed by atoms with Crippen LogP contribution in [0.15, 0.2) is 53.8 Å². The summed E-state index contributed by atoms with van der Waals surface area (Å²) in [7, 11) is 1.92. The van der Waals surface area contributed by atoms with Crippen LogP contribution in [-0.4, -0.2) is 28.5 Å². The summed E-state index contributed by atoms with van der Waals surface area (Å²) in [6.45, 7) is -0.0443. The average Bonchev–Trinajstić information content (AvgIpc) is 2.93. The van der Waals surface area contributed by atoms with Gasteiger partial charge in [-0.1, -0.05) is 28.9 Å². The van der Waals surface area contributed by atoms with Crippen molar-refractivity contribution in [3.8, 4) is 5.75 Å². The molecule has 0 spiro atoms. The first kappa shape index (κ1) is 17.8. The Kier molecular flexibility index (Phi) is 5.43. The molecule has 134 valence electrons. The molecule has 0 amide bonds. The van der Waals surface area contributed by atoms with Crippen LogP contribution in [0, 0.1) is 0 Å². The van der Waals surface area contributed by atoms with Crippen molar-refractivity contribution in [3.63, 3.8) is 0 Å². The van der Waals surface area contributed by atoms with Gasteiger partial charge in [-0.25, -0.2) is 4.79 Å². The maximum Gasteiger partial charge on any atom is 0.344 e. The first-order valence-corrected chi connectivity index (χ1v) is 8.24. The summed E-state index contributed by atoms with van der Waals surface area (Å²) >= 11 is 5.89. The number of carboxylic acid groups (broad SMARTS) is 1. The number of aliphatic carboxylic acids is 1. The van der Waals surface area contributed by atoms with Gasteiger partial charge < -0.3 is 19.2 Å². The minimum atomic E-state index is -1.07. The summed E-state index contributed by atoms with van der Waals surface area (Å²) in [4.78, 5) is 15.2. The fourth-order valence-electron chi connectivity index (χ4n) is 2.53. The van der Waals surface area contributed by atoms with E-state index in [0.29, 0.717) is 11.6 Å². The Morgan fingerprint density at radius 2 is 2.04 bits per heavy atom. The van der Waals surface area contributed by atoms with Crippen LogP contribution < -0.4 is 4.74 Å². The van der Waals surface area contributed by atoms with Crippen molar-refractivity contribution < 1.29 is 19.5 Å². The van der Waals surface area contributed by atoms with E-state index in [9.17, 15) is 4.79 Å². The Bertz CT molecular complexity index is 948. The molecule has 0 saturated heterocycles. The number of aromatic nitrogens is 1. The number of halogens is 1. The molecule has 0 aliphatic rings. The molecular formula is C19H17ClN2O4. The van der Waals surface area contributed by atoms with Crippen LogP contribution in [-0.2, 0) is 23.3 Å². The Morgan fingerprint density at radius 3 is 2.77 bits per heavy atom. The van der Waals surface area contributed by atoms with E-state index in [1.54, 1.807) is 0 Å². The third-order valence-corrected chi connectivity index (χ3v) is 4.02. The van der Waals surface area contributed by atoms with E-state index in [1.807, 2.05) is 60.3 Å². The van der Waals surface area contributed by atoms with Gasteiger partial charge in [-0.05, 0) is 35.9 Å². The summed E-state index contributed by atoms with van der Waals surface area (Å²) in [6.07, 6.45) is 3.38. The number of ether oxygens (including phenoxy) is 1. The number of benzene rings is 2. The van der Waals surface area contributed by atoms with Crippen molar-refractivity contribution in [2.24, 2.45) is 12.2 Å². The second-order valence-electron chi connectivity index (χ2n) is 5.69. The van der Waals surface area contributed by atoms with Crippen molar-refractivity contribution >= 4 is 34.7 Å². The largest absolute Gasteiger partial charge is 0.489 e. The number of aryl methyl sites for hydroxylation is 1. The van der Waals surface area contributed by atoms with Gasteiger partial charge in [-0.3, -0.25) is 0 Å². The Balaban J connectivity index is 1.76. The topological polar surface area (TPSA) is 73.1 Å². The zero-order chi connectivity index (χ0) is 18.5. The SMILES string of the molecule is Cn1cc(C=NOCC(=O)O)c2cc(OCc3ccc(Cl)cc3)ccc21. The molecule has 1 heterocycles. The number of fused-ring (bicyclic) bond motifs is 1. The van der Waals surface area contributed by atoms with Gasteiger partial charge in [-0.2, -0.15) is 0 Å². The minimum Gasteiger partial charge on any atom is -0.489 e. The lowest BCUT2D eigenvalue weighted by Crippen LogP contribution is -2.03. The summed E-state index contributed by atoms with van der Waals surface area (Å²) in [5, 5.41) is 13.9. The number of nitrogens with zero attached hydrogens (tertiary/aromatic N) is 2. The lowest BCUT2D eigenvalue weighted by atomic mass is 10.2. The number of carboxylic acids is 1. The number of hydrogen-bond acceptors (Lipinski definition) is 4. The van der Waals surface area contributed by atoms with E-state index in [0.717, 1.165) is 27.8 Å². The maximum atomic E-state index is 10.5. The monoisotopic (exact) mass is 372 g/mol. The average molecular weight is 373 g/mol. The van der Waals surface area contributed by atoms with Crippen LogP contribution in [0.1, 0.15) is 11.1 Å². The van der Waals surface area contributed by atoms with Crippen molar-refractivity contribution in [2.45, 2.75) is 6.61 Å². The summed E-state index contributed by atoms with van der Waals surface area (Å²) in [5.41, 5.74) is 2.83. The van der Waals surface area contributed by atoms with Gasteiger partial charge in [0.05, 0.1) is 6.21 Å². The second-order valence-corrected chi connectivity index (χ2v) is 6.13. The molecular weight excluding hydrogens is 356 g/mol. The van der Waals surface area contributed by atoms with E-state index in [1.165, 1.54) is 6.21 Å². The second kappa shape index (κ2) is 7.93. The molecule has 0 aliphatic carbocycles. The lowest BCUT2D eigenvalue weighted by Gasteiger charge is -2.07. The highest BCUT2D eigenvalue weighted by atomic mass is 35.5. The molecule has 1 N–H and O–H groups in total. The summed E-state index contributed by atoms with van der Waals surface area (Å²) in [6, 6.07) is 13.3. The van der Waals surface area contributed by atoms with Crippen LogP contribution in [0.4, 0.5) is 0 Å². The molecule has 26 heavy (non-hydrogen) atoms. The molecule has 1 aromatic heterocycles. The zero-order valence-electron chi connectivity index (χ0n) is 14.1. The normalized spacial score (nSPS) is 11.2. The lowest BCUT2D eigenvalue weighted by molar-refractivity contribution is -0.142. The highest BCUT2D eigenvalue weighted by Gasteiger charge is 2.07. The van der Waals surface area contributed by atoms with Gasteiger partial charge in [0.2, 0.25) is 6.61 Å². The van der Waals surface area contributed by atoms with E-state index in [-0.39, 0.29) is 0 Å². The number of hydrogen-bond donors (Lipinski definition) is 1. The van der Waals surface area contributed by atoms with Gasteiger partial charge in [0, 0.05) is 34.7 Å². The van der Waals surface area contributed by atoms with Gasteiger partial charge in [0.1, 0.15) is 12.4 Å². The highest BCUT2D eigenvalue weighted by Crippen LogP contribution is 2.25. The molecule has 7 heteroatoms. The minimum absolute atomic E-state index is 0.431. The summed E-state index contributed by atoms with van der Waals surface area (Å²) < 4.78 is 7.81. The molecule has 0 radical (unpaired) electrons. The van der Waals surface area contributed by atoms with Gasteiger partial charge >= 0.3 is 5.97 Å². The standard InChI is InChI=1S/C19H17ClN2O4/c1-22-10-14(9-21-26-12-19(23)24)17-8-16(6-7-18(17)22)25-11-13-2-4-15(20)5-3-13/h2-10H,11-12H2,1H3,(H,23,24). The van der Waals surface area contributed by atoms with Crippen LogP contribution in [0.5, 0.6) is 5.75 Å². The predicted molar refractivity (Wildman–Crippen MR) is 99.9 cm³/mol. The zero-order valence-corrected chi connectivity index (χ0v) is 14.8. The van der Waals surface area contributed by atoms with Crippen molar-refractivity contribution in [3.05, 3.63) is 64.8 Å². The number of oxime groups is 1. The number of rotatable bonds is 7. The molecule has 3 aromatic rings. The third-order valence-electron chi connectivity index (χ3n) is 3.76. The van der Waals surface area contributed by atoms with Gasteiger partial charge in [-0.15, -0.1) is 0 Å². The fourth-order valence-corrected chi connectivity index (χ4v) is 2.65. The van der Waals surface area contributed by atoms with E-state index in [4.69, 9.17) is 26.3 Å². The van der Waals surface area contributed by atoms with E-state index in [2.05, 4.69) is 5.16 Å². The van der Waals surface area contributed by atoms with Crippen molar-refractivity contribution in [1.29, 1.82) is 0 Å². The molecule has 6 nitrogen and oxygen atoms in total. The van der Waals surface area contributed by atoms with Crippen LogP contribution in [0.25, 0.3) is 10.9 Å². The molecule has 2 aromatic carbocycles. The van der Waals surface area contributed by atoms with Crippen LogP contribution >= 0.6 is 11.6 Å². The Labute approximate surface area is 155 Å². The molecule has 0 saturated carbocycles. The van der Waals surface area contributed by atoms with E-state index >= 15 is 0 Å². The van der Waals surface area contributed by atoms with E-state index < -0.39 is 12.6 Å². The van der Waals surface area contributed by atoms with Gasteiger partial charge in [0.25, 0.3) is 0 Å². The molecule has 0 bridgehead atoms. The van der Waals surface area contributed by atoms with Crippen molar-refractivity contribution in [2.75, 3.05) is 6.61 Å².